The molecular formula is C23H31N3O5S. The molecule has 1 heterocycles. The van der Waals surface area contributed by atoms with E-state index in [4.69, 9.17) is 4.74 Å². The van der Waals surface area contributed by atoms with E-state index in [1.54, 1.807) is 30.0 Å². The van der Waals surface area contributed by atoms with Gasteiger partial charge in [-0.2, -0.15) is 4.31 Å². The minimum atomic E-state index is -3.99. The number of methoxy groups -OCH3 is 1. The van der Waals surface area contributed by atoms with Crippen molar-refractivity contribution in [2.45, 2.75) is 55.9 Å². The number of hydroxylamine groups is 1. The van der Waals surface area contributed by atoms with Crippen LogP contribution < -0.4 is 10.2 Å². The average molecular weight is 462 g/mol. The zero-order valence-electron chi connectivity index (χ0n) is 18.3. The number of pyridine rings is 1. The van der Waals surface area contributed by atoms with Crippen molar-refractivity contribution in [2.75, 3.05) is 13.7 Å². The summed E-state index contributed by atoms with van der Waals surface area (Å²) >= 11 is 0. The Hall–Kier alpha value is -2.49. The van der Waals surface area contributed by atoms with Gasteiger partial charge in [-0.05, 0) is 67.5 Å². The van der Waals surface area contributed by atoms with E-state index in [1.807, 2.05) is 12.1 Å². The number of aryl methyl sites for hydroxylation is 1. The van der Waals surface area contributed by atoms with Gasteiger partial charge in [0.2, 0.25) is 10.0 Å². The largest absolute Gasteiger partial charge is 0.497 e. The topological polar surface area (TPSA) is 109 Å². The lowest BCUT2D eigenvalue weighted by Gasteiger charge is -2.36. The molecule has 0 aliphatic heterocycles. The molecule has 0 unspecified atom stereocenters. The van der Waals surface area contributed by atoms with E-state index < -0.39 is 22.0 Å². The smallest absolute Gasteiger partial charge is 0.262 e. The third-order valence-electron chi connectivity index (χ3n) is 6.02. The van der Waals surface area contributed by atoms with Crippen molar-refractivity contribution in [1.29, 1.82) is 0 Å². The number of carbonyl (C=O) groups is 1. The number of carbonyl (C=O) groups excluding carboxylic acids is 1. The third-order valence-corrected chi connectivity index (χ3v) is 7.91. The van der Waals surface area contributed by atoms with Crippen LogP contribution in [0.3, 0.4) is 0 Å². The minimum absolute atomic E-state index is 0.0891. The number of hydrogen-bond donors (Lipinski definition) is 2. The molecule has 174 valence electrons. The van der Waals surface area contributed by atoms with Crippen molar-refractivity contribution < 1.29 is 23.2 Å². The molecule has 32 heavy (non-hydrogen) atoms. The summed E-state index contributed by atoms with van der Waals surface area (Å²) in [5, 5.41) is 9.45. The van der Waals surface area contributed by atoms with Gasteiger partial charge in [0.15, 0.2) is 0 Å². The third kappa shape index (κ3) is 5.85. The lowest BCUT2D eigenvalue weighted by molar-refractivity contribution is -0.135. The first-order valence-electron chi connectivity index (χ1n) is 11.0. The number of rotatable bonds is 10. The normalized spacial score (nSPS) is 16.0. The molecule has 1 saturated carbocycles. The van der Waals surface area contributed by atoms with Gasteiger partial charge in [-0.1, -0.05) is 25.3 Å². The first-order valence-corrected chi connectivity index (χ1v) is 12.4. The van der Waals surface area contributed by atoms with Crippen molar-refractivity contribution >= 4 is 15.9 Å². The molecular weight excluding hydrogens is 430 g/mol. The SMILES string of the molecule is COc1ccc(S(=O)(=O)N(CCCc2cccnc2)[C@@H](C(=O)NO)C2CCCCC2)cc1. The molecule has 1 aliphatic rings. The fraction of sp³-hybridized carbons (Fsp3) is 0.478. The predicted molar refractivity (Wildman–Crippen MR) is 120 cm³/mol. The average Bonchev–Trinajstić information content (AvgIpc) is 2.84. The van der Waals surface area contributed by atoms with Gasteiger partial charge in [-0.25, -0.2) is 13.9 Å². The maximum absolute atomic E-state index is 13.7. The van der Waals surface area contributed by atoms with Crippen LogP contribution in [0.4, 0.5) is 0 Å². The number of hydrogen-bond acceptors (Lipinski definition) is 6. The summed E-state index contributed by atoms with van der Waals surface area (Å²) in [4.78, 5) is 17.0. The van der Waals surface area contributed by atoms with Crippen LogP contribution in [0.5, 0.6) is 5.75 Å². The number of sulfonamides is 1. The van der Waals surface area contributed by atoms with Crippen LogP contribution in [-0.2, 0) is 21.2 Å². The Kier molecular flexibility index (Phi) is 8.60. The first kappa shape index (κ1) is 24.2. The Balaban J connectivity index is 1.92. The van der Waals surface area contributed by atoms with Crippen LogP contribution in [0.15, 0.2) is 53.7 Å². The zero-order valence-corrected chi connectivity index (χ0v) is 19.1. The van der Waals surface area contributed by atoms with Crippen LogP contribution in [-0.4, -0.2) is 48.5 Å². The van der Waals surface area contributed by atoms with E-state index in [9.17, 15) is 18.4 Å². The predicted octanol–water partition coefficient (Wildman–Crippen LogP) is 3.17. The highest BCUT2D eigenvalue weighted by molar-refractivity contribution is 7.89. The quantitative estimate of drug-likeness (QED) is 0.416. The highest BCUT2D eigenvalue weighted by Gasteiger charge is 2.40. The Morgan fingerprint density at radius 3 is 2.53 bits per heavy atom. The molecule has 8 nitrogen and oxygen atoms in total. The summed E-state index contributed by atoms with van der Waals surface area (Å²) in [6, 6.07) is 8.94. The van der Waals surface area contributed by atoms with Gasteiger partial charge in [0.05, 0.1) is 12.0 Å². The number of nitrogens with one attached hydrogen (secondary N) is 1. The highest BCUT2D eigenvalue weighted by Crippen LogP contribution is 2.32. The van der Waals surface area contributed by atoms with Gasteiger partial charge in [-0.15, -0.1) is 0 Å². The Labute approximate surface area is 189 Å². The second kappa shape index (κ2) is 11.4. The number of nitrogens with zero attached hydrogens (tertiary/aromatic N) is 2. The van der Waals surface area contributed by atoms with E-state index in [0.29, 0.717) is 18.6 Å². The van der Waals surface area contributed by atoms with Gasteiger partial charge < -0.3 is 4.74 Å². The molecule has 2 N–H and O–H groups in total. The zero-order chi connectivity index (χ0) is 23.0. The minimum Gasteiger partial charge on any atom is -0.497 e. The van der Waals surface area contributed by atoms with Crippen LogP contribution >= 0.6 is 0 Å². The molecule has 1 atom stereocenters. The Bertz CT molecular complexity index is 961. The summed E-state index contributed by atoms with van der Waals surface area (Å²) in [5.41, 5.74) is 2.71. The monoisotopic (exact) mass is 461 g/mol. The summed E-state index contributed by atoms with van der Waals surface area (Å²) in [5.74, 6) is -0.290. The van der Waals surface area contributed by atoms with Crippen molar-refractivity contribution in [3.8, 4) is 5.75 Å². The summed E-state index contributed by atoms with van der Waals surface area (Å²) in [6.45, 7) is 0.151. The maximum Gasteiger partial charge on any atom is 0.262 e. The molecule has 0 radical (unpaired) electrons. The molecule has 0 spiro atoms. The van der Waals surface area contributed by atoms with Crippen LogP contribution in [0.1, 0.15) is 44.1 Å². The van der Waals surface area contributed by atoms with Crippen molar-refractivity contribution in [2.24, 2.45) is 5.92 Å². The molecule has 1 aromatic carbocycles. The summed E-state index contributed by atoms with van der Waals surface area (Å²) in [6.07, 6.45) is 9.01. The van der Waals surface area contributed by atoms with E-state index in [-0.39, 0.29) is 17.4 Å². The highest BCUT2D eigenvalue weighted by atomic mass is 32.2. The van der Waals surface area contributed by atoms with Crippen LogP contribution in [0.25, 0.3) is 0 Å². The lowest BCUT2D eigenvalue weighted by Crippen LogP contribution is -2.53. The van der Waals surface area contributed by atoms with Gasteiger partial charge in [0, 0.05) is 18.9 Å². The number of benzene rings is 1. The van der Waals surface area contributed by atoms with E-state index in [1.165, 1.54) is 23.5 Å². The van der Waals surface area contributed by atoms with Crippen molar-refractivity contribution in [3.63, 3.8) is 0 Å². The molecule has 3 rings (SSSR count). The van der Waals surface area contributed by atoms with E-state index >= 15 is 0 Å². The summed E-state index contributed by atoms with van der Waals surface area (Å²) < 4.78 is 33.8. The van der Waals surface area contributed by atoms with Crippen molar-refractivity contribution in [1.82, 2.24) is 14.8 Å². The number of aromatic nitrogens is 1. The molecule has 2 aromatic rings. The molecule has 1 amide bonds. The second-order valence-electron chi connectivity index (χ2n) is 8.08. The second-order valence-corrected chi connectivity index (χ2v) is 9.97. The molecule has 1 aliphatic carbocycles. The number of ether oxygens (including phenoxy) is 1. The van der Waals surface area contributed by atoms with E-state index in [2.05, 4.69) is 4.98 Å². The maximum atomic E-state index is 13.7. The number of amides is 1. The fourth-order valence-electron chi connectivity index (χ4n) is 4.37. The lowest BCUT2D eigenvalue weighted by atomic mass is 9.83. The fourth-order valence-corrected chi connectivity index (χ4v) is 6.06. The van der Waals surface area contributed by atoms with Crippen molar-refractivity contribution in [3.05, 3.63) is 54.4 Å². The molecule has 1 aromatic heterocycles. The Morgan fingerprint density at radius 2 is 1.94 bits per heavy atom. The van der Waals surface area contributed by atoms with Crippen LogP contribution in [0.2, 0.25) is 0 Å². The van der Waals surface area contributed by atoms with Gasteiger partial charge in [-0.3, -0.25) is 15.0 Å². The molecule has 1 fully saturated rings. The first-order chi connectivity index (χ1) is 15.5. The summed E-state index contributed by atoms with van der Waals surface area (Å²) in [7, 11) is -2.48. The molecule has 0 saturated heterocycles. The van der Waals surface area contributed by atoms with Gasteiger partial charge in [0.1, 0.15) is 11.8 Å². The van der Waals surface area contributed by atoms with Gasteiger partial charge in [0.25, 0.3) is 5.91 Å². The molecule has 0 bridgehead atoms. The standard InChI is InChI=1S/C23H31N3O5S/c1-31-20-11-13-21(14-12-20)32(29,30)26(16-6-8-18-7-5-15-24-17-18)22(23(27)25-28)19-9-3-2-4-10-19/h5,7,11-15,17,19,22,28H,2-4,6,8-10,16H2,1H3,(H,25,27)/t22-/m1/s1. The van der Waals surface area contributed by atoms with Crippen LogP contribution in [0, 0.1) is 5.92 Å². The Morgan fingerprint density at radius 1 is 1.22 bits per heavy atom. The van der Waals surface area contributed by atoms with E-state index in [0.717, 1.165) is 37.7 Å². The molecule has 9 heteroatoms. The van der Waals surface area contributed by atoms with Gasteiger partial charge >= 0.3 is 0 Å².